The molecule has 0 saturated heterocycles. The number of hydrogen-bond donors (Lipinski definition) is 1. The van der Waals surface area contributed by atoms with Crippen molar-refractivity contribution < 1.29 is 9.84 Å². The summed E-state index contributed by atoms with van der Waals surface area (Å²) in [5.41, 5.74) is 5.20. The molecule has 2 aromatic rings. The van der Waals surface area contributed by atoms with Crippen molar-refractivity contribution in [2.24, 2.45) is 0 Å². The molecule has 0 heterocycles. The van der Waals surface area contributed by atoms with Gasteiger partial charge in [-0.2, -0.15) is 0 Å². The van der Waals surface area contributed by atoms with Crippen LogP contribution >= 0.6 is 0 Å². The van der Waals surface area contributed by atoms with Gasteiger partial charge < -0.3 is 9.84 Å². The monoisotopic (exact) mass is 284 g/mol. The van der Waals surface area contributed by atoms with Gasteiger partial charge in [0.1, 0.15) is 11.4 Å². The van der Waals surface area contributed by atoms with Gasteiger partial charge in [0, 0.05) is 5.56 Å². The summed E-state index contributed by atoms with van der Waals surface area (Å²) < 4.78 is 5.51. The standard InChI is InChI=1S/C19H24O2/c1-12-9-15(4)18(17(10-12)21-6)19(5,20)16-8-7-13(2)14(3)11-16/h7-11,20H,1-6H3. The molecule has 112 valence electrons. The summed E-state index contributed by atoms with van der Waals surface area (Å²) >= 11 is 0. The van der Waals surface area contributed by atoms with Crippen LogP contribution < -0.4 is 4.74 Å². The van der Waals surface area contributed by atoms with Crippen molar-refractivity contribution in [2.75, 3.05) is 7.11 Å². The fourth-order valence-electron chi connectivity index (χ4n) is 2.90. The molecule has 0 bridgehead atoms. The fraction of sp³-hybridized carbons (Fsp3) is 0.368. The Morgan fingerprint density at radius 1 is 0.905 bits per heavy atom. The first-order valence-electron chi connectivity index (χ1n) is 7.23. The first-order valence-corrected chi connectivity index (χ1v) is 7.23. The molecule has 1 unspecified atom stereocenters. The second kappa shape index (κ2) is 5.53. The number of aryl methyl sites for hydroxylation is 4. The second-order valence-electron chi connectivity index (χ2n) is 6.03. The minimum Gasteiger partial charge on any atom is -0.496 e. The Kier molecular flexibility index (Phi) is 4.11. The Labute approximate surface area is 127 Å². The predicted octanol–water partition coefficient (Wildman–Crippen LogP) is 4.18. The van der Waals surface area contributed by atoms with Gasteiger partial charge in [-0.3, -0.25) is 0 Å². The Bertz CT molecular complexity index is 670. The molecule has 2 heteroatoms. The van der Waals surface area contributed by atoms with Gasteiger partial charge in [-0.1, -0.05) is 24.3 Å². The summed E-state index contributed by atoms with van der Waals surface area (Å²) in [5, 5.41) is 11.2. The third-order valence-corrected chi connectivity index (χ3v) is 4.22. The van der Waals surface area contributed by atoms with Crippen molar-refractivity contribution in [1.29, 1.82) is 0 Å². The Morgan fingerprint density at radius 2 is 1.57 bits per heavy atom. The number of rotatable bonds is 3. The van der Waals surface area contributed by atoms with E-state index in [1.54, 1.807) is 7.11 Å². The summed E-state index contributed by atoms with van der Waals surface area (Å²) in [6, 6.07) is 10.1. The first kappa shape index (κ1) is 15.6. The Hall–Kier alpha value is -1.80. The average molecular weight is 284 g/mol. The highest BCUT2D eigenvalue weighted by atomic mass is 16.5. The largest absolute Gasteiger partial charge is 0.496 e. The van der Waals surface area contributed by atoms with E-state index in [1.165, 1.54) is 11.1 Å². The van der Waals surface area contributed by atoms with Crippen LogP contribution in [0.1, 0.15) is 40.3 Å². The normalized spacial score (nSPS) is 13.9. The van der Waals surface area contributed by atoms with E-state index in [-0.39, 0.29) is 0 Å². The zero-order valence-corrected chi connectivity index (χ0v) is 13.7. The molecule has 0 spiro atoms. The number of ether oxygens (including phenoxy) is 1. The topological polar surface area (TPSA) is 29.5 Å². The molecule has 1 N–H and O–H groups in total. The third kappa shape index (κ3) is 2.81. The van der Waals surface area contributed by atoms with Gasteiger partial charge in [0.2, 0.25) is 0 Å². The van der Waals surface area contributed by atoms with E-state index in [0.29, 0.717) is 0 Å². The van der Waals surface area contributed by atoms with E-state index in [2.05, 4.69) is 26.0 Å². The molecule has 1 atom stereocenters. The van der Waals surface area contributed by atoms with Crippen LogP contribution in [-0.4, -0.2) is 12.2 Å². The van der Waals surface area contributed by atoms with Crippen molar-refractivity contribution in [2.45, 2.75) is 40.2 Å². The van der Waals surface area contributed by atoms with E-state index in [9.17, 15) is 5.11 Å². The summed E-state index contributed by atoms with van der Waals surface area (Å²) in [6.07, 6.45) is 0. The maximum absolute atomic E-state index is 11.2. The van der Waals surface area contributed by atoms with Crippen molar-refractivity contribution in [1.82, 2.24) is 0 Å². The molecular formula is C19H24O2. The van der Waals surface area contributed by atoms with E-state index in [1.807, 2.05) is 39.0 Å². The third-order valence-electron chi connectivity index (χ3n) is 4.22. The molecule has 0 fully saturated rings. The highest BCUT2D eigenvalue weighted by Gasteiger charge is 2.31. The van der Waals surface area contributed by atoms with Gasteiger partial charge in [-0.25, -0.2) is 0 Å². The molecule has 0 aliphatic rings. The second-order valence-corrected chi connectivity index (χ2v) is 6.03. The lowest BCUT2D eigenvalue weighted by molar-refractivity contribution is 0.0981. The molecule has 2 aromatic carbocycles. The van der Waals surface area contributed by atoms with E-state index < -0.39 is 5.60 Å². The number of methoxy groups -OCH3 is 1. The minimum absolute atomic E-state index is 0.732. The minimum atomic E-state index is -1.08. The highest BCUT2D eigenvalue weighted by molar-refractivity contribution is 5.51. The van der Waals surface area contributed by atoms with Crippen molar-refractivity contribution in [3.8, 4) is 5.75 Å². The summed E-state index contributed by atoms with van der Waals surface area (Å²) in [6.45, 7) is 10.0. The summed E-state index contributed by atoms with van der Waals surface area (Å²) in [7, 11) is 1.65. The van der Waals surface area contributed by atoms with Crippen LogP contribution in [0, 0.1) is 27.7 Å². The SMILES string of the molecule is COc1cc(C)cc(C)c1C(C)(O)c1ccc(C)c(C)c1. The van der Waals surface area contributed by atoms with Crippen LogP contribution in [-0.2, 0) is 5.60 Å². The van der Waals surface area contributed by atoms with E-state index >= 15 is 0 Å². The summed E-state index contributed by atoms with van der Waals surface area (Å²) in [5.74, 6) is 0.732. The lowest BCUT2D eigenvalue weighted by Gasteiger charge is -2.29. The van der Waals surface area contributed by atoms with Crippen LogP contribution in [0.15, 0.2) is 30.3 Å². The first-order chi connectivity index (χ1) is 9.77. The molecule has 0 aliphatic carbocycles. The molecule has 0 radical (unpaired) electrons. The Morgan fingerprint density at radius 3 is 2.14 bits per heavy atom. The number of aliphatic hydroxyl groups is 1. The van der Waals surface area contributed by atoms with Gasteiger partial charge in [-0.15, -0.1) is 0 Å². The predicted molar refractivity (Wildman–Crippen MR) is 87.1 cm³/mol. The van der Waals surface area contributed by atoms with E-state index in [0.717, 1.165) is 28.0 Å². The van der Waals surface area contributed by atoms with Crippen molar-refractivity contribution in [3.05, 3.63) is 63.7 Å². The van der Waals surface area contributed by atoms with Crippen LogP contribution in [0.3, 0.4) is 0 Å². The van der Waals surface area contributed by atoms with Gasteiger partial charge in [0.05, 0.1) is 7.11 Å². The van der Waals surface area contributed by atoms with Gasteiger partial charge >= 0.3 is 0 Å². The Balaban J connectivity index is 2.65. The maximum atomic E-state index is 11.2. The molecule has 0 aliphatic heterocycles. The number of hydrogen-bond acceptors (Lipinski definition) is 2. The van der Waals surface area contributed by atoms with Crippen LogP contribution in [0.25, 0.3) is 0 Å². The van der Waals surface area contributed by atoms with E-state index in [4.69, 9.17) is 4.74 Å². The smallest absolute Gasteiger partial charge is 0.125 e. The van der Waals surface area contributed by atoms with Crippen molar-refractivity contribution >= 4 is 0 Å². The molecule has 0 saturated carbocycles. The van der Waals surface area contributed by atoms with Crippen molar-refractivity contribution in [3.63, 3.8) is 0 Å². The molecule has 0 aromatic heterocycles. The zero-order valence-electron chi connectivity index (χ0n) is 13.7. The lowest BCUT2D eigenvalue weighted by Crippen LogP contribution is -2.25. The molecule has 0 amide bonds. The number of benzene rings is 2. The zero-order chi connectivity index (χ0) is 15.8. The molecule has 2 nitrogen and oxygen atoms in total. The van der Waals surface area contributed by atoms with Gasteiger partial charge in [-0.05, 0) is 68.5 Å². The lowest BCUT2D eigenvalue weighted by atomic mass is 9.83. The molecular weight excluding hydrogens is 260 g/mol. The molecule has 21 heavy (non-hydrogen) atoms. The van der Waals surface area contributed by atoms with Crippen LogP contribution in [0.2, 0.25) is 0 Å². The molecule has 2 rings (SSSR count). The summed E-state index contributed by atoms with van der Waals surface area (Å²) in [4.78, 5) is 0. The average Bonchev–Trinajstić information content (AvgIpc) is 2.40. The van der Waals surface area contributed by atoms with Crippen LogP contribution in [0.5, 0.6) is 5.75 Å². The fourth-order valence-corrected chi connectivity index (χ4v) is 2.90. The quantitative estimate of drug-likeness (QED) is 0.916. The van der Waals surface area contributed by atoms with Crippen LogP contribution in [0.4, 0.5) is 0 Å². The van der Waals surface area contributed by atoms with Gasteiger partial charge in [0.25, 0.3) is 0 Å². The maximum Gasteiger partial charge on any atom is 0.125 e. The van der Waals surface area contributed by atoms with Gasteiger partial charge in [0.15, 0.2) is 0 Å². The highest BCUT2D eigenvalue weighted by Crippen LogP contribution is 2.38.